The molecule has 2 heteroatoms. The fraction of sp³-hybridized carbons (Fsp3) is 0.0870. The Morgan fingerprint density at radius 2 is 1.40 bits per heavy atom. The third-order valence-electron chi connectivity index (χ3n) is 4.47. The number of benzene rings is 3. The summed E-state index contributed by atoms with van der Waals surface area (Å²) < 4.78 is 0. The Hall–Kier alpha value is -3.13. The average molecular weight is 324 g/mol. The number of aryl methyl sites for hydroxylation is 1. The van der Waals surface area contributed by atoms with E-state index in [0.717, 1.165) is 34.4 Å². The first kappa shape index (κ1) is 15.4. The molecule has 0 amide bonds. The second kappa shape index (κ2) is 6.78. The van der Waals surface area contributed by atoms with Gasteiger partial charge < -0.3 is 5.32 Å². The maximum atomic E-state index is 4.83. The minimum Gasteiger partial charge on any atom is -0.355 e. The van der Waals surface area contributed by atoms with Crippen molar-refractivity contribution in [1.82, 2.24) is 4.98 Å². The molecule has 0 fully saturated rings. The van der Waals surface area contributed by atoms with Gasteiger partial charge in [0.2, 0.25) is 0 Å². The van der Waals surface area contributed by atoms with E-state index in [-0.39, 0.29) is 0 Å². The molecule has 25 heavy (non-hydrogen) atoms. The summed E-state index contributed by atoms with van der Waals surface area (Å²) in [5.74, 6) is 0. The van der Waals surface area contributed by atoms with E-state index in [9.17, 15) is 0 Å². The molecule has 0 saturated carbocycles. The number of aromatic nitrogens is 1. The maximum absolute atomic E-state index is 4.83. The van der Waals surface area contributed by atoms with E-state index in [2.05, 4.69) is 85.0 Å². The third kappa shape index (κ3) is 3.24. The van der Waals surface area contributed by atoms with Crippen LogP contribution in [0.5, 0.6) is 0 Å². The van der Waals surface area contributed by atoms with E-state index < -0.39 is 0 Å². The van der Waals surface area contributed by atoms with Crippen LogP contribution in [0.2, 0.25) is 0 Å². The lowest BCUT2D eigenvalue weighted by Gasteiger charge is -2.17. The number of para-hydroxylation sites is 2. The molecular weight excluding hydrogens is 304 g/mol. The smallest absolute Gasteiger partial charge is 0.0726 e. The van der Waals surface area contributed by atoms with Gasteiger partial charge in [0, 0.05) is 28.8 Å². The van der Waals surface area contributed by atoms with Crippen LogP contribution < -0.4 is 5.32 Å². The van der Waals surface area contributed by atoms with Crippen LogP contribution in [-0.4, -0.2) is 4.98 Å². The van der Waals surface area contributed by atoms with E-state index in [1.54, 1.807) is 0 Å². The van der Waals surface area contributed by atoms with E-state index >= 15 is 0 Å². The Morgan fingerprint density at radius 1 is 0.760 bits per heavy atom. The topological polar surface area (TPSA) is 24.9 Å². The molecule has 0 atom stereocenters. The highest BCUT2D eigenvalue weighted by molar-refractivity contribution is 5.95. The molecule has 122 valence electrons. The zero-order valence-corrected chi connectivity index (χ0v) is 14.2. The van der Waals surface area contributed by atoms with Gasteiger partial charge in [0.25, 0.3) is 0 Å². The average Bonchev–Trinajstić information content (AvgIpc) is 2.66. The zero-order valence-electron chi connectivity index (χ0n) is 14.2. The second-order valence-electron chi connectivity index (χ2n) is 6.22. The largest absolute Gasteiger partial charge is 0.355 e. The highest BCUT2D eigenvalue weighted by atomic mass is 14.9. The predicted octanol–water partition coefficient (Wildman–Crippen LogP) is 5.88. The number of hydrogen-bond acceptors (Lipinski definition) is 2. The Morgan fingerprint density at radius 3 is 2.16 bits per heavy atom. The van der Waals surface area contributed by atoms with Crippen LogP contribution >= 0.6 is 0 Å². The number of hydrogen-bond donors (Lipinski definition) is 1. The summed E-state index contributed by atoms with van der Waals surface area (Å²) in [6.45, 7) is 2.10. The van der Waals surface area contributed by atoms with Gasteiger partial charge in [-0.1, -0.05) is 66.7 Å². The molecule has 1 heterocycles. The number of anilines is 2. The van der Waals surface area contributed by atoms with Gasteiger partial charge in [-0.15, -0.1) is 0 Å². The Balaban J connectivity index is 1.88. The number of nitrogens with zero attached hydrogens (tertiary/aromatic N) is 1. The van der Waals surface area contributed by atoms with Crippen molar-refractivity contribution in [3.63, 3.8) is 0 Å². The molecule has 4 rings (SSSR count). The Kier molecular flexibility index (Phi) is 4.17. The van der Waals surface area contributed by atoms with Crippen LogP contribution in [0.25, 0.3) is 10.9 Å². The standard InChI is InChI=1S/C23H20N2/c1-17-21(16-18-10-4-2-5-11-18)23(25-19-12-6-3-7-13-19)20-14-8-9-15-22(20)24-17/h2-15H,16H2,1H3,(H,24,25). The Labute approximate surface area is 148 Å². The van der Waals surface area contributed by atoms with Crippen molar-refractivity contribution in [3.8, 4) is 0 Å². The van der Waals surface area contributed by atoms with Crippen LogP contribution in [-0.2, 0) is 6.42 Å². The molecule has 0 aliphatic heterocycles. The molecule has 0 radical (unpaired) electrons. The quantitative estimate of drug-likeness (QED) is 0.507. The lowest BCUT2D eigenvalue weighted by atomic mass is 9.99. The van der Waals surface area contributed by atoms with Crippen molar-refractivity contribution >= 4 is 22.3 Å². The number of nitrogens with one attached hydrogen (secondary N) is 1. The summed E-state index contributed by atoms with van der Waals surface area (Å²) in [6, 6.07) is 29.2. The third-order valence-corrected chi connectivity index (χ3v) is 4.47. The van der Waals surface area contributed by atoms with E-state index in [1.807, 2.05) is 12.1 Å². The molecule has 1 aromatic heterocycles. The summed E-state index contributed by atoms with van der Waals surface area (Å²) in [6.07, 6.45) is 0.861. The first-order valence-corrected chi connectivity index (χ1v) is 8.55. The van der Waals surface area contributed by atoms with E-state index in [1.165, 1.54) is 11.1 Å². The normalized spacial score (nSPS) is 10.8. The second-order valence-corrected chi connectivity index (χ2v) is 6.22. The first-order chi connectivity index (χ1) is 12.3. The molecule has 3 aromatic carbocycles. The molecular formula is C23H20N2. The summed E-state index contributed by atoms with van der Waals surface area (Å²) in [7, 11) is 0. The lowest BCUT2D eigenvalue weighted by molar-refractivity contribution is 1.10. The highest BCUT2D eigenvalue weighted by Crippen LogP contribution is 2.32. The molecule has 1 N–H and O–H groups in total. The van der Waals surface area contributed by atoms with Gasteiger partial charge in [0.05, 0.1) is 11.2 Å². The Bertz CT molecular complexity index is 992. The number of rotatable bonds is 4. The fourth-order valence-corrected chi connectivity index (χ4v) is 3.20. The molecule has 0 saturated heterocycles. The highest BCUT2D eigenvalue weighted by Gasteiger charge is 2.13. The molecule has 2 nitrogen and oxygen atoms in total. The van der Waals surface area contributed by atoms with Gasteiger partial charge in [0.1, 0.15) is 0 Å². The van der Waals surface area contributed by atoms with Gasteiger partial charge in [-0.2, -0.15) is 0 Å². The van der Waals surface area contributed by atoms with Crippen molar-refractivity contribution in [2.24, 2.45) is 0 Å². The number of fused-ring (bicyclic) bond motifs is 1. The fourth-order valence-electron chi connectivity index (χ4n) is 3.20. The van der Waals surface area contributed by atoms with E-state index in [4.69, 9.17) is 4.98 Å². The van der Waals surface area contributed by atoms with Crippen molar-refractivity contribution in [2.75, 3.05) is 5.32 Å². The molecule has 0 aliphatic rings. The molecule has 0 bridgehead atoms. The van der Waals surface area contributed by atoms with Gasteiger partial charge in [0.15, 0.2) is 0 Å². The van der Waals surface area contributed by atoms with Gasteiger partial charge in [-0.3, -0.25) is 4.98 Å². The molecule has 0 unspecified atom stereocenters. The molecule has 0 aliphatic carbocycles. The van der Waals surface area contributed by atoms with Crippen LogP contribution in [0.15, 0.2) is 84.9 Å². The van der Waals surface area contributed by atoms with Crippen molar-refractivity contribution in [2.45, 2.75) is 13.3 Å². The maximum Gasteiger partial charge on any atom is 0.0726 e. The SMILES string of the molecule is Cc1nc2ccccc2c(Nc2ccccc2)c1Cc1ccccc1. The van der Waals surface area contributed by atoms with Crippen LogP contribution in [0.3, 0.4) is 0 Å². The number of pyridine rings is 1. The minimum atomic E-state index is 0.861. The summed E-state index contributed by atoms with van der Waals surface area (Å²) >= 11 is 0. The molecule has 0 spiro atoms. The molecule has 4 aromatic rings. The van der Waals surface area contributed by atoms with Crippen LogP contribution in [0, 0.1) is 6.92 Å². The lowest BCUT2D eigenvalue weighted by Crippen LogP contribution is -2.03. The van der Waals surface area contributed by atoms with Crippen molar-refractivity contribution in [3.05, 3.63) is 102 Å². The van der Waals surface area contributed by atoms with Crippen LogP contribution in [0.4, 0.5) is 11.4 Å². The minimum absolute atomic E-state index is 0.861. The van der Waals surface area contributed by atoms with Gasteiger partial charge in [-0.25, -0.2) is 0 Å². The monoisotopic (exact) mass is 324 g/mol. The zero-order chi connectivity index (χ0) is 17.1. The van der Waals surface area contributed by atoms with Crippen molar-refractivity contribution < 1.29 is 0 Å². The first-order valence-electron chi connectivity index (χ1n) is 8.55. The summed E-state index contributed by atoms with van der Waals surface area (Å²) in [5.41, 5.74) is 6.87. The summed E-state index contributed by atoms with van der Waals surface area (Å²) in [4.78, 5) is 4.83. The van der Waals surface area contributed by atoms with Crippen LogP contribution in [0.1, 0.15) is 16.8 Å². The predicted molar refractivity (Wildman–Crippen MR) is 105 cm³/mol. The van der Waals surface area contributed by atoms with Crippen molar-refractivity contribution in [1.29, 1.82) is 0 Å². The van der Waals surface area contributed by atoms with E-state index in [0.29, 0.717) is 0 Å². The van der Waals surface area contributed by atoms with Gasteiger partial charge in [-0.05, 0) is 30.7 Å². The summed E-state index contributed by atoms with van der Waals surface area (Å²) in [5, 5.41) is 4.79. The van der Waals surface area contributed by atoms with Gasteiger partial charge >= 0.3 is 0 Å².